The lowest BCUT2D eigenvalue weighted by molar-refractivity contribution is 0.0945. The summed E-state index contributed by atoms with van der Waals surface area (Å²) in [5.41, 5.74) is 8.25. The molecule has 0 aliphatic heterocycles. The molecule has 0 spiro atoms. The number of nitrogens with zero attached hydrogens (tertiary/aromatic N) is 4. The van der Waals surface area contributed by atoms with Crippen molar-refractivity contribution in [2.45, 2.75) is 6.42 Å². The van der Waals surface area contributed by atoms with Crippen LogP contribution in [-0.4, -0.2) is 37.7 Å². The Balaban J connectivity index is 1.68. The lowest BCUT2D eigenvalue weighted by Gasteiger charge is -2.10. The maximum absolute atomic E-state index is 12.9. The molecule has 144 valence electrons. The van der Waals surface area contributed by atoms with Crippen LogP contribution in [0.3, 0.4) is 0 Å². The molecule has 4 aromatic rings. The van der Waals surface area contributed by atoms with E-state index < -0.39 is 5.91 Å². The molecule has 29 heavy (non-hydrogen) atoms. The molecule has 8 heteroatoms. The highest BCUT2D eigenvalue weighted by molar-refractivity contribution is 5.99. The number of imidazole rings is 1. The quantitative estimate of drug-likeness (QED) is 0.525. The van der Waals surface area contributed by atoms with Gasteiger partial charge in [-0.3, -0.25) is 19.0 Å². The van der Waals surface area contributed by atoms with Crippen LogP contribution >= 0.6 is 0 Å². The largest absolute Gasteiger partial charge is 0.364 e. The van der Waals surface area contributed by atoms with Crippen LogP contribution < -0.4 is 11.1 Å². The number of carbonyl (C=O) groups excluding carboxylic acids is 2. The van der Waals surface area contributed by atoms with Crippen LogP contribution in [-0.2, 0) is 6.42 Å². The maximum Gasteiger partial charge on any atom is 0.271 e. The first-order valence-electron chi connectivity index (χ1n) is 9.05. The summed E-state index contributed by atoms with van der Waals surface area (Å²) in [6.45, 7) is 0.414. The molecule has 0 saturated heterocycles. The Morgan fingerprint density at radius 3 is 2.55 bits per heavy atom. The molecule has 0 fully saturated rings. The van der Waals surface area contributed by atoms with Gasteiger partial charge in [0.25, 0.3) is 11.8 Å². The molecule has 1 aromatic carbocycles. The van der Waals surface area contributed by atoms with Crippen LogP contribution in [0.15, 0.2) is 67.1 Å². The van der Waals surface area contributed by atoms with Crippen molar-refractivity contribution in [2.24, 2.45) is 5.73 Å². The van der Waals surface area contributed by atoms with Gasteiger partial charge in [0, 0.05) is 30.4 Å². The van der Waals surface area contributed by atoms with E-state index in [-0.39, 0.29) is 17.2 Å². The van der Waals surface area contributed by atoms with Crippen molar-refractivity contribution in [1.29, 1.82) is 0 Å². The predicted octanol–water partition coefficient (Wildman–Crippen LogP) is 1.86. The van der Waals surface area contributed by atoms with Crippen molar-refractivity contribution in [1.82, 2.24) is 24.7 Å². The molecular weight excluding hydrogens is 368 g/mol. The summed E-state index contributed by atoms with van der Waals surface area (Å²) in [5, 5.41) is 2.89. The van der Waals surface area contributed by atoms with Crippen molar-refractivity contribution < 1.29 is 9.59 Å². The number of hydrogen-bond donors (Lipinski definition) is 2. The molecule has 3 aromatic heterocycles. The van der Waals surface area contributed by atoms with Gasteiger partial charge in [-0.05, 0) is 18.2 Å². The lowest BCUT2D eigenvalue weighted by atomic mass is 10.1. The van der Waals surface area contributed by atoms with Crippen LogP contribution in [0.5, 0.6) is 0 Å². The number of nitrogens with two attached hydrogens (primary N) is 1. The third-order valence-electron chi connectivity index (χ3n) is 4.43. The number of pyridine rings is 1. The van der Waals surface area contributed by atoms with Gasteiger partial charge in [0.2, 0.25) is 0 Å². The van der Waals surface area contributed by atoms with E-state index in [9.17, 15) is 9.59 Å². The van der Waals surface area contributed by atoms with Crippen molar-refractivity contribution in [3.8, 4) is 11.3 Å². The maximum atomic E-state index is 12.9. The van der Waals surface area contributed by atoms with E-state index in [1.54, 1.807) is 12.3 Å². The highest BCUT2D eigenvalue weighted by atomic mass is 16.2. The van der Waals surface area contributed by atoms with Crippen LogP contribution in [0, 0.1) is 0 Å². The number of carbonyl (C=O) groups is 2. The summed E-state index contributed by atoms with van der Waals surface area (Å²) >= 11 is 0. The Morgan fingerprint density at radius 1 is 1.03 bits per heavy atom. The summed E-state index contributed by atoms with van der Waals surface area (Å²) in [7, 11) is 0. The van der Waals surface area contributed by atoms with E-state index in [0.29, 0.717) is 24.4 Å². The minimum absolute atomic E-state index is 0.0188. The molecule has 0 aliphatic carbocycles. The Labute approximate surface area is 166 Å². The molecular formula is C21H18N6O2. The van der Waals surface area contributed by atoms with Gasteiger partial charge in [-0.2, -0.15) is 0 Å². The first kappa shape index (κ1) is 18.3. The SMILES string of the molecule is NC(=O)c1ncn2c(C(=O)NCCc3ccccn3)cc(-c3ccccc3)nc12. The molecule has 0 unspecified atom stereocenters. The third kappa shape index (κ3) is 3.81. The molecule has 0 saturated carbocycles. The first-order valence-corrected chi connectivity index (χ1v) is 9.05. The Kier molecular flexibility index (Phi) is 4.98. The topological polar surface area (TPSA) is 115 Å². The van der Waals surface area contributed by atoms with Gasteiger partial charge < -0.3 is 11.1 Å². The number of primary amides is 1. The van der Waals surface area contributed by atoms with Crippen LogP contribution in [0.4, 0.5) is 0 Å². The molecule has 0 radical (unpaired) electrons. The van der Waals surface area contributed by atoms with Crippen molar-refractivity contribution in [3.05, 3.63) is 84.2 Å². The number of aromatic nitrogens is 4. The molecule has 8 nitrogen and oxygen atoms in total. The molecule has 0 atom stereocenters. The average Bonchev–Trinajstić information content (AvgIpc) is 3.19. The van der Waals surface area contributed by atoms with E-state index in [1.165, 1.54) is 10.7 Å². The Bertz CT molecular complexity index is 1170. The minimum Gasteiger partial charge on any atom is -0.364 e. The lowest BCUT2D eigenvalue weighted by Crippen LogP contribution is -2.28. The van der Waals surface area contributed by atoms with Crippen molar-refractivity contribution >= 4 is 17.5 Å². The van der Waals surface area contributed by atoms with E-state index in [2.05, 4.69) is 20.3 Å². The van der Waals surface area contributed by atoms with E-state index in [4.69, 9.17) is 5.73 Å². The summed E-state index contributed by atoms with van der Waals surface area (Å²) in [5.74, 6) is -1.01. The van der Waals surface area contributed by atoms with Crippen molar-refractivity contribution in [2.75, 3.05) is 6.54 Å². The van der Waals surface area contributed by atoms with Crippen LogP contribution in [0.1, 0.15) is 26.7 Å². The second-order valence-electron chi connectivity index (χ2n) is 6.37. The van der Waals surface area contributed by atoms with Crippen LogP contribution in [0.2, 0.25) is 0 Å². The van der Waals surface area contributed by atoms with Gasteiger partial charge in [-0.25, -0.2) is 9.97 Å². The van der Waals surface area contributed by atoms with E-state index >= 15 is 0 Å². The van der Waals surface area contributed by atoms with Gasteiger partial charge in [-0.1, -0.05) is 36.4 Å². The zero-order valence-corrected chi connectivity index (χ0v) is 15.4. The van der Waals surface area contributed by atoms with Gasteiger partial charge in [0.05, 0.1) is 5.69 Å². The zero-order valence-electron chi connectivity index (χ0n) is 15.4. The number of benzene rings is 1. The Morgan fingerprint density at radius 2 is 1.83 bits per heavy atom. The summed E-state index contributed by atoms with van der Waals surface area (Å²) in [6.07, 6.45) is 3.69. The highest BCUT2D eigenvalue weighted by Crippen LogP contribution is 2.21. The van der Waals surface area contributed by atoms with Crippen molar-refractivity contribution in [3.63, 3.8) is 0 Å². The molecule has 3 N–H and O–H groups in total. The smallest absolute Gasteiger partial charge is 0.271 e. The van der Waals surface area contributed by atoms with Gasteiger partial charge >= 0.3 is 0 Å². The monoisotopic (exact) mass is 386 g/mol. The van der Waals surface area contributed by atoms with E-state index in [0.717, 1.165) is 11.3 Å². The molecule has 3 heterocycles. The highest BCUT2D eigenvalue weighted by Gasteiger charge is 2.19. The number of amides is 2. The Hall–Kier alpha value is -4.07. The molecule has 0 bridgehead atoms. The standard InChI is InChI=1S/C21H18N6O2/c22-19(28)18-20-26-16(14-6-2-1-3-7-14)12-17(27(20)13-25-18)21(29)24-11-9-15-8-4-5-10-23-15/h1-8,10,12-13H,9,11H2,(H2,22,28)(H,24,29). The second-order valence-corrected chi connectivity index (χ2v) is 6.37. The number of nitrogens with one attached hydrogen (secondary N) is 1. The fourth-order valence-corrected chi connectivity index (χ4v) is 3.02. The normalized spacial score (nSPS) is 10.8. The fourth-order valence-electron chi connectivity index (χ4n) is 3.02. The summed E-state index contributed by atoms with van der Waals surface area (Å²) in [4.78, 5) is 37.4. The predicted molar refractivity (Wildman–Crippen MR) is 107 cm³/mol. The number of rotatable bonds is 6. The fraction of sp³-hybridized carbons (Fsp3) is 0.0952. The number of hydrogen-bond acceptors (Lipinski definition) is 5. The minimum atomic E-state index is -0.702. The van der Waals surface area contributed by atoms with E-state index in [1.807, 2.05) is 48.5 Å². The van der Waals surface area contributed by atoms with Gasteiger partial charge in [0.15, 0.2) is 11.3 Å². The first-order chi connectivity index (χ1) is 14.1. The molecule has 4 rings (SSSR count). The summed E-state index contributed by atoms with van der Waals surface area (Å²) < 4.78 is 1.47. The second kappa shape index (κ2) is 7.89. The number of fused-ring (bicyclic) bond motifs is 1. The average molecular weight is 386 g/mol. The summed E-state index contributed by atoms with van der Waals surface area (Å²) in [6, 6.07) is 16.7. The molecule has 0 aliphatic rings. The molecule has 2 amide bonds. The third-order valence-corrected chi connectivity index (χ3v) is 4.43. The van der Waals surface area contributed by atoms with Crippen LogP contribution in [0.25, 0.3) is 16.9 Å². The van der Waals surface area contributed by atoms with Gasteiger partial charge in [0.1, 0.15) is 12.0 Å². The van der Waals surface area contributed by atoms with Gasteiger partial charge in [-0.15, -0.1) is 0 Å². The zero-order chi connectivity index (χ0) is 20.2.